The van der Waals surface area contributed by atoms with E-state index in [2.05, 4.69) is 20.6 Å². The Kier molecular flexibility index (Phi) is 9.88. The average Bonchev–Trinajstić information content (AvgIpc) is 2.88. The zero-order valence-corrected chi connectivity index (χ0v) is 24.9. The number of rotatable bonds is 13. The normalized spacial score (nSPS) is 11.9. The van der Waals surface area contributed by atoms with E-state index in [-0.39, 0.29) is 5.75 Å². The SMILES string of the molecule is CCCS(=O)(=O)N(CCCNc1cc(C)nc2ccc(Cl)cc12)CCCNc1cc(C)nc2ccc(Cl)cc12. The van der Waals surface area contributed by atoms with E-state index in [4.69, 9.17) is 23.2 Å². The number of hydrogen-bond acceptors (Lipinski definition) is 6. The lowest BCUT2D eigenvalue weighted by Gasteiger charge is -2.22. The summed E-state index contributed by atoms with van der Waals surface area (Å²) in [5.74, 6) is 0.146. The van der Waals surface area contributed by atoms with Crippen molar-refractivity contribution >= 4 is 66.4 Å². The fourth-order valence-corrected chi connectivity index (χ4v) is 6.62. The topological polar surface area (TPSA) is 87.2 Å². The lowest BCUT2D eigenvalue weighted by atomic mass is 10.1. The second kappa shape index (κ2) is 13.1. The van der Waals surface area contributed by atoms with Crippen LogP contribution in [0, 0.1) is 13.8 Å². The molecule has 0 aliphatic carbocycles. The molecular weight excluding hydrogens is 553 g/mol. The molecule has 0 atom stereocenters. The Morgan fingerprint density at radius 3 is 1.67 bits per heavy atom. The molecule has 0 fully saturated rings. The van der Waals surface area contributed by atoms with Crippen molar-refractivity contribution in [1.29, 1.82) is 0 Å². The van der Waals surface area contributed by atoms with Crippen LogP contribution in [0.1, 0.15) is 37.6 Å². The van der Waals surface area contributed by atoms with Gasteiger partial charge in [-0.05, 0) is 81.6 Å². The number of anilines is 2. The van der Waals surface area contributed by atoms with Crippen LogP contribution >= 0.6 is 23.2 Å². The highest BCUT2D eigenvalue weighted by atomic mass is 35.5. The van der Waals surface area contributed by atoms with E-state index in [9.17, 15) is 8.42 Å². The number of halogens is 2. The summed E-state index contributed by atoms with van der Waals surface area (Å²) < 4.78 is 27.6. The molecule has 2 aromatic carbocycles. The molecule has 0 saturated carbocycles. The Hall–Kier alpha value is -2.65. The first-order valence-electron chi connectivity index (χ1n) is 13.3. The van der Waals surface area contributed by atoms with E-state index in [1.165, 1.54) is 0 Å². The van der Waals surface area contributed by atoms with Gasteiger partial charge in [-0.2, -0.15) is 0 Å². The number of nitrogens with one attached hydrogen (secondary N) is 2. The minimum absolute atomic E-state index is 0.146. The van der Waals surface area contributed by atoms with Crippen LogP contribution in [0.25, 0.3) is 21.8 Å². The fraction of sp³-hybridized carbons (Fsp3) is 0.379. The number of aryl methyl sites for hydroxylation is 2. The Labute approximate surface area is 241 Å². The van der Waals surface area contributed by atoms with E-state index < -0.39 is 10.0 Å². The molecular formula is C29H35Cl2N5O2S. The number of hydrogen-bond donors (Lipinski definition) is 2. The molecule has 0 aliphatic rings. The maximum atomic E-state index is 13.0. The molecule has 10 heteroatoms. The van der Waals surface area contributed by atoms with Crippen LogP contribution in [-0.4, -0.2) is 54.6 Å². The molecule has 0 amide bonds. The van der Waals surface area contributed by atoms with E-state index in [1.54, 1.807) is 4.31 Å². The molecule has 2 aromatic heterocycles. The molecule has 0 unspecified atom stereocenters. The molecule has 0 aliphatic heterocycles. The first-order valence-corrected chi connectivity index (χ1v) is 15.6. The minimum Gasteiger partial charge on any atom is -0.384 e. The van der Waals surface area contributed by atoms with Crippen LogP contribution < -0.4 is 10.6 Å². The van der Waals surface area contributed by atoms with Gasteiger partial charge in [0.15, 0.2) is 0 Å². The fourth-order valence-electron chi connectivity index (χ4n) is 4.69. The van der Waals surface area contributed by atoms with E-state index in [1.807, 2.05) is 69.3 Å². The molecule has 2 N–H and O–H groups in total. The van der Waals surface area contributed by atoms with Crippen LogP contribution in [0.3, 0.4) is 0 Å². The van der Waals surface area contributed by atoms with Gasteiger partial charge >= 0.3 is 0 Å². The Bertz CT molecular complexity index is 1460. The zero-order chi connectivity index (χ0) is 28.0. The highest BCUT2D eigenvalue weighted by molar-refractivity contribution is 7.89. The largest absolute Gasteiger partial charge is 0.384 e. The van der Waals surface area contributed by atoms with Gasteiger partial charge in [-0.3, -0.25) is 9.97 Å². The predicted octanol–water partition coefficient (Wildman–Crippen LogP) is 7.05. The van der Waals surface area contributed by atoms with Gasteiger partial charge in [0, 0.05) is 69.8 Å². The van der Waals surface area contributed by atoms with Gasteiger partial charge in [0.2, 0.25) is 10.0 Å². The van der Waals surface area contributed by atoms with Crippen molar-refractivity contribution < 1.29 is 8.42 Å². The first-order chi connectivity index (χ1) is 18.7. The standard InChI is InChI=1S/C29H35Cl2N5O2S/c1-4-15-39(37,38)36(13-5-11-32-28-16-20(2)34-26-9-7-22(30)18-24(26)28)14-6-12-33-29-17-21(3)35-27-10-8-23(31)19-25(27)29/h7-10,16-19H,4-6,11-15H2,1-3H3,(H,32,34)(H,33,35). The molecule has 0 spiro atoms. The summed E-state index contributed by atoms with van der Waals surface area (Å²) in [4.78, 5) is 9.15. The van der Waals surface area contributed by atoms with Gasteiger partial charge in [0.1, 0.15) is 0 Å². The summed E-state index contributed by atoms with van der Waals surface area (Å²) in [6.07, 6.45) is 1.93. The number of pyridine rings is 2. The lowest BCUT2D eigenvalue weighted by Crippen LogP contribution is -2.36. The average molecular weight is 589 g/mol. The first kappa shape index (κ1) is 29.3. The molecule has 7 nitrogen and oxygen atoms in total. The predicted molar refractivity (Wildman–Crippen MR) is 165 cm³/mol. The number of sulfonamides is 1. The van der Waals surface area contributed by atoms with E-state index in [0.29, 0.717) is 55.5 Å². The van der Waals surface area contributed by atoms with Crippen LogP contribution in [0.4, 0.5) is 11.4 Å². The quantitative estimate of drug-likeness (QED) is 0.163. The third kappa shape index (κ3) is 7.72. The monoisotopic (exact) mass is 587 g/mol. The summed E-state index contributed by atoms with van der Waals surface area (Å²) in [5, 5.41) is 10.1. The third-order valence-corrected chi connectivity index (χ3v) is 9.00. The second-order valence-corrected chi connectivity index (χ2v) is 12.7. The number of fused-ring (bicyclic) bond motifs is 2. The highest BCUT2D eigenvalue weighted by Crippen LogP contribution is 2.27. The van der Waals surface area contributed by atoms with Crippen molar-refractivity contribution in [1.82, 2.24) is 14.3 Å². The van der Waals surface area contributed by atoms with Gasteiger partial charge < -0.3 is 10.6 Å². The zero-order valence-electron chi connectivity index (χ0n) is 22.6. The highest BCUT2D eigenvalue weighted by Gasteiger charge is 2.20. The van der Waals surface area contributed by atoms with Gasteiger partial charge in [-0.25, -0.2) is 12.7 Å². The summed E-state index contributed by atoms with van der Waals surface area (Å²) >= 11 is 12.4. The van der Waals surface area contributed by atoms with Crippen LogP contribution in [0.2, 0.25) is 10.0 Å². The minimum atomic E-state index is -3.33. The van der Waals surface area contributed by atoms with Crippen molar-refractivity contribution in [3.8, 4) is 0 Å². The van der Waals surface area contributed by atoms with Gasteiger partial charge in [0.05, 0.1) is 16.8 Å². The number of aromatic nitrogens is 2. The molecule has 4 aromatic rings. The molecule has 39 heavy (non-hydrogen) atoms. The van der Waals surface area contributed by atoms with Crippen LogP contribution in [-0.2, 0) is 10.0 Å². The lowest BCUT2D eigenvalue weighted by molar-refractivity contribution is 0.405. The van der Waals surface area contributed by atoms with Crippen molar-refractivity contribution in [2.45, 2.75) is 40.0 Å². The maximum Gasteiger partial charge on any atom is 0.214 e. The van der Waals surface area contributed by atoms with Crippen molar-refractivity contribution in [3.05, 3.63) is 70.0 Å². The molecule has 0 bridgehead atoms. The Balaban J connectivity index is 1.36. The molecule has 208 valence electrons. The van der Waals surface area contributed by atoms with E-state index in [0.717, 1.165) is 44.6 Å². The molecule has 4 rings (SSSR count). The smallest absolute Gasteiger partial charge is 0.214 e. The van der Waals surface area contributed by atoms with Gasteiger partial charge in [-0.1, -0.05) is 30.1 Å². The van der Waals surface area contributed by atoms with Crippen LogP contribution in [0.5, 0.6) is 0 Å². The second-order valence-electron chi connectivity index (χ2n) is 9.72. The summed E-state index contributed by atoms with van der Waals surface area (Å²) in [6, 6.07) is 15.3. The summed E-state index contributed by atoms with van der Waals surface area (Å²) in [7, 11) is -3.33. The molecule has 0 radical (unpaired) electrons. The maximum absolute atomic E-state index is 13.0. The van der Waals surface area contributed by atoms with E-state index >= 15 is 0 Å². The van der Waals surface area contributed by atoms with Gasteiger partial charge in [0.25, 0.3) is 0 Å². The summed E-state index contributed by atoms with van der Waals surface area (Å²) in [6.45, 7) is 7.96. The van der Waals surface area contributed by atoms with Crippen molar-refractivity contribution in [3.63, 3.8) is 0 Å². The molecule has 2 heterocycles. The van der Waals surface area contributed by atoms with Crippen LogP contribution in [0.15, 0.2) is 48.5 Å². The third-order valence-electron chi connectivity index (χ3n) is 6.45. The number of benzene rings is 2. The molecule has 0 saturated heterocycles. The van der Waals surface area contributed by atoms with Crippen molar-refractivity contribution in [2.24, 2.45) is 0 Å². The van der Waals surface area contributed by atoms with Crippen molar-refractivity contribution in [2.75, 3.05) is 42.6 Å². The summed E-state index contributed by atoms with van der Waals surface area (Å²) in [5.41, 5.74) is 5.47. The Morgan fingerprint density at radius 2 is 1.23 bits per heavy atom. The Morgan fingerprint density at radius 1 is 0.769 bits per heavy atom. The number of nitrogens with zero attached hydrogens (tertiary/aromatic N) is 3. The van der Waals surface area contributed by atoms with Gasteiger partial charge in [-0.15, -0.1) is 0 Å².